The van der Waals surface area contributed by atoms with Gasteiger partial charge in [-0.05, 0) is 48.9 Å². The first kappa shape index (κ1) is 20.6. The number of halogens is 4. The summed E-state index contributed by atoms with van der Waals surface area (Å²) < 4.78 is 40.3. The molecule has 3 aromatic rings. The minimum Gasteiger partial charge on any atom is -1.00 e. The molecule has 0 fully saturated rings. The van der Waals surface area contributed by atoms with Crippen molar-refractivity contribution in [2.75, 3.05) is 5.32 Å². The topological polar surface area (TPSA) is 34.2 Å². The van der Waals surface area contributed by atoms with Gasteiger partial charge in [0.25, 0.3) is 0 Å². The second-order valence-electron chi connectivity index (χ2n) is 5.04. The van der Waals surface area contributed by atoms with Gasteiger partial charge in [0.05, 0.1) is 5.52 Å². The molecule has 2 aromatic carbocycles. The summed E-state index contributed by atoms with van der Waals surface area (Å²) >= 11 is 0. The van der Waals surface area contributed by atoms with Gasteiger partial charge >= 0.3 is 6.36 Å². The van der Waals surface area contributed by atoms with Gasteiger partial charge in [-0.25, -0.2) is 4.98 Å². The Kier molecular flexibility index (Phi) is 6.64. The molecular weight excluding hydrogens is 353 g/mol. The van der Waals surface area contributed by atoms with E-state index in [1.165, 1.54) is 24.3 Å². The van der Waals surface area contributed by atoms with Gasteiger partial charge in [-0.15, -0.1) is 13.2 Å². The van der Waals surface area contributed by atoms with Gasteiger partial charge in [-0.1, -0.05) is 25.6 Å². The minimum absolute atomic E-state index is 0. The molecular formula is C18H17ClF3N2O-. The number of ether oxygens (including phenoxy) is 1. The summed E-state index contributed by atoms with van der Waals surface area (Å²) in [4.78, 5) is 4.53. The van der Waals surface area contributed by atoms with E-state index in [4.69, 9.17) is 0 Å². The van der Waals surface area contributed by atoms with Gasteiger partial charge in [0.1, 0.15) is 11.6 Å². The van der Waals surface area contributed by atoms with E-state index in [0.717, 1.165) is 16.5 Å². The molecule has 0 spiro atoms. The number of alkyl halides is 3. The number of hydrogen-bond donors (Lipinski definition) is 1. The number of anilines is 2. The zero-order chi connectivity index (χ0) is 16.4. The van der Waals surface area contributed by atoms with E-state index in [1.54, 1.807) is 0 Å². The average Bonchev–Trinajstić information content (AvgIpc) is 2.48. The average molecular weight is 370 g/mol. The maximum absolute atomic E-state index is 12.1. The lowest BCUT2D eigenvalue weighted by atomic mass is 10.1. The highest BCUT2D eigenvalue weighted by Crippen LogP contribution is 2.26. The zero-order valence-electron chi connectivity index (χ0n) is 12.6. The predicted octanol–water partition coefficient (Wildman–Crippen LogP) is 2.83. The van der Waals surface area contributed by atoms with Crippen molar-refractivity contribution in [1.82, 2.24) is 4.98 Å². The second kappa shape index (κ2) is 8.07. The Hall–Kier alpha value is -2.47. The van der Waals surface area contributed by atoms with E-state index < -0.39 is 6.36 Å². The third-order valence-corrected chi connectivity index (χ3v) is 3.27. The molecule has 0 atom stereocenters. The lowest BCUT2D eigenvalue weighted by Crippen LogP contribution is -3.00. The molecule has 7 heteroatoms. The highest BCUT2D eigenvalue weighted by molar-refractivity contribution is 5.82. The standard InChI is InChI=1S/C17H13F3N2O.CH4.ClH/c1-11-10-12-4-2-3-5-15(12)22-16(11)21-13-6-8-14(9-7-13)23-17(18,19)20;;/h2-10H,1H3,(H,21,22);1H4;1H/p-1. The Balaban J connectivity index is 0.00000156. The Morgan fingerprint density at radius 2 is 1.64 bits per heavy atom. The highest BCUT2D eigenvalue weighted by Gasteiger charge is 2.30. The van der Waals surface area contributed by atoms with Crippen molar-refractivity contribution < 1.29 is 30.3 Å². The first-order chi connectivity index (χ1) is 10.9. The van der Waals surface area contributed by atoms with Gasteiger partial charge in [-0.3, -0.25) is 0 Å². The maximum atomic E-state index is 12.1. The lowest BCUT2D eigenvalue weighted by molar-refractivity contribution is -0.274. The zero-order valence-corrected chi connectivity index (χ0v) is 13.3. The molecule has 0 bridgehead atoms. The molecule has 25 heavy (non-hydrogen) atoms. The third-order valence-electron chi connectivity index (χ3n) is 3.27. The molecule has 3 rings (SSSR count). The maximum Gasteiger partial charge on any atom is 0.573 e. The summed E-state index contributed by atoms with van der Waals surface area (Å²) in [5.41, 5.74) is 2.42. The molecule has 0 aliphatic heterocycles. The fourth-order valence-electron chi connectivity index (χ4n) is 2.22. The van der Waals surface area contributed by atoms with Gasteiger partial charge in [-0.2, -0.15) is 0 Å². The monoisotopic (exact) mass is 369 g/mol. The van der Waals surface area contributed by atoms with Crippen LogP contribution in [-0.2, 0) is 0 Å². The van der Waals surface area contributed by atoms with Gasteiger partial charge in [0.15, 0.2) is 0 Å². The molecule has 0 radical (unpaired) electrons. The van der Waals surface area contributed by atoms with Crippen molar-refractivity contribution in [2.24, 2.45) is 0 Å². The molecule has 0 aliphatic carbocycles. The van der Waals surface area contributed by atoms with Crippen LogP contribution in [0.2, 0.25) is 0 Å². The normalized spacial score (nSPS) is 10.6. The SMILES string of the molecule is C.Cc1cc2ccccc2nc1Nc1ccc(OC(F)(F)F)cc1.[Cl-]. The summed E-state index contributed by atoms with van der Waals surface area (Å²) in [5, 5.41) is 4.14. The molecule has 3 nitrogen and oxygen atoms in total. The number of aromatic nitrogens is 1. The summed E-state index contributed by atoms with van der Waals surface area (Å²) in [6.45, 7) is 1.92. The number of nitrogens with one attached hydrogen (secondary N) is 1. The second-order valence-corrected chi connectivity index (χ2v) is 5.04. The van der Waals surface area contributed by atoms with Crippen molar-refractivity contribution in [3.63, 3.8) is 0 Å². The van der Waals surface area contributed by atoms with E-state index >= 15 is 0 Å². The fraction of sp³-hybridized carbons (Fsp3) is 0.167. The number of benzene rings is 2. The summed E-state index contributed by atoms with van der Waals surface area (Å²) in [6, 6.07) is 15.3. The van der Waals surface area contributed by atoms with Crippen LogP contribution in [0.1, 0.15) is 13.0 Å². The number of fused-ring (bicyclic) bond motifs is 1. The molecule has 1 N–H and O–H groups in total. The molecule has 0 aliphatic rings. The van der Waals surface area contributed by atoms with Crippen molar-refractivity contribution in [3.8, 4) is 5.75 Å². The van der Waals surface area contributed by atoms with Crippen molar-refractivity contribution in [2.45, 2.75) is 20.7 Å². The summed E-state index contributed by atoms with van der Waals surface area (Å²) in [5.74, 6) is 0.402. The summed E-state index contributed by atoms with van der Waals surface area (Å²) in [6.07, 6.45) is -4.69. The van der Waals surface area contributed by atoms with E-state index in [1.807, 2.05) is 37.3 Å². The summed E-state index contributed by atoms with van der Waals surface area (Å²) in [7, 11) is 0. The Morgan fingerprint density at radius 3 is 2.28 bits per heavy atom. The smallest absolute Gasteiger partial charge is 0.573 e. The van der Waals surface area contributed by atoms with Crippen LogP contribution in [0, 0.1) is 6.92 Å². The number of hydrogen-bond acceptors (Lipinski definition) is 3. The van der Waals surface area contributed by atoms with E-state index in [9.17, 15) is 13.2 Å². The third kappa shape index (κ3) is 5.26. The number of nitrogens with zero attached hydrogens (tertiary/aromatic N) is 1. The van der Waals surface area contributed by atoms with Gasteiger partial charge in [0, 0.05) is 11.1 Å². The molecule has 0 saturated carbocycles. The fourth-order valence-corrected chi connectivity index (χ4v) is 2.22. The Labute approximate surface area is 150 Å². The van der Waals surface area contributed by atoms with Crippen LogP contribution in [0.25, 0.3) is 10.9 Å². The van der Waals surface area contributed by atoms with Crippen molar-refractivity contribution in [3.05, 3.63) is 60.2 Å². The lowest BCUT2D eigenvalue weighted by Gasteiger charge is -2.12. The number of rotatable bonds is 3. The van der Waals surface area contributed by atoms with Crippen molar-refractivity contribution in [1.29, 1.82) is 0 Å². The van der Waals surface area contributed by atoms with Crippen LogP contribution < -0.4 is 22.5 Å². The van der Waals surface area contributed by atoms with E-state index in [0.29, 0.717) is 11.5 Å². The molecule has 134 valence electrons. The van der Waals surface area contributed by atoms with Crippen LogP contribution in [0.15, 0.2) is 54.6 Å². The first-order valence-corrected chi connectivity index (χ1v) is 6.90. The Morgan fingerprint density at radius 1 is 1.00 bits per heavy atom. The largest absolute Gasteiger partial charge is 1.00 e. The van der Waals surface area contributed by atoms with Crippen LogP contribution in [-0.4, -0.2) is 11.3 Å². The minimum atomic E-state index is -4.69. The van der Waals surface area contributed by atoms with Crippen molar-refractivity contribution >= 4 is 22.4 Å². The molecule has 0 amide bonds. The number of pyridine rings is 1. The van der Waals surface area contributed by atoms with Gasteiger partial charge < -0.3 is 22.5 Å². The van der Waals surface area contributed by atoms with Crippen LogP contribution in [0.5, 0.6) is 5.75 Å². The van der Waals surface area contributed by atoms with E-state index in [2.05, 4.69) is 15.0 Å². The molecule has 1 aromatic heterocycles. The van der Waals surface area contributed by atoms with Crippen LogP contribution in [0.3, 0.4) is 0 Å². The first-order valence-electron chi connectivity index (χ1n) is 6.90. The predicted molar refractivity (Wildman–Crippen MR) is 89.6 cm³/mol. The molecule has 0 saturated heterocycles. The van der Waals surface area contributed by atoms with Crippen LogP contribution >= 0.6 is 0 Å². The Bertz CT molecular complexity index is 836. The number of para-hydroxylation sites is 1. The van der Waals surface area contributed by atoms with E-state index in [-0.39, 0.29) is 25.6 Å². The van der Waals surface area contributed by atoms with Gasteiger partial charge in [0.2, 0.25) is 0 Å². The molecule has 1 heterocycles. The molecule has 0 unspecified atom stereocenters. The highest BCUT2D eigenvalue weighted by atomic mass is 35.5. The number of aryl methyl sites for hydroxylation is 1. The van der Waals surface area contributed by atoms with Crippen LogP contribution in [0.4, 0.5) is 24.7 Å². The quantitative estimate of drug-likeness (QED) is 0.771.